The number of oxazole rings is 1. The number of rotatable bonds is 5. The first-order valence-electron chi connectivity index (χ1n) is 6.29. The average molecular weight is 286 g/mol. The zero-order valence-corrected chi connectivity index (χ0v) is 11.9. The summed E-state index contributed by atoms with van der Waals surface area (Å²) in [6, 6.07) is 5.83. The van der Waals surface area contributed by atoms with Gasteiger partial charge in [0.2, 0.25) is 5.89 Å². The van der Waals surface area contributed by atoms with E-state index < -0.39 is 0 Å². The number of aromatic nitrogens is 3. The van der Waals surface area contributed by atoms with Crippen LogP contribution in [0.25, 0.3) is 10.7 Å². The molecule has 0 aromatic carbocycles. The molecule has 3 rings (SSSR count). The van der Waals surface area contributed by atoms with Crippen LogP contribution in [0.1, 0.15) is 17.3 Å². The fraction of sp³-hybridized carbons (Fsp3) is 0.214. The molecule has 0 aliphatic heterocycles. The Bertz CT molecular complexity index is 677. The van der Waals surface area contributed by atoms with E-state index in [1.807, 2.05) is 30.5 Å². The third-order valence-corrected chi connectivity index (χ3v) is 3.60. The summed E-state index contributed by atoms with van der Waals surface area (Å²) in [5.74, 6) is 1.52. The Morgan fingerprint density at radius 2 is 2.20 bits per heavy atom. The SMILES string of the molecule is Cc1cnc(CNCc2csc(-c3ccccn3)n2)o1. The highest BCUT2D eigenvalue weighted by Gasteiger charge is 2.06. The molecule has 20 heavy (non-hydrogen) atoms. The normalized spacial score (nSPS) is 10.8. The lowest BCUT2D eigenvalue weighted by Gasteiger charge is -1.98. The van der Waals surface area contributed by atoms with Crippen molar-refractivity contribution in [2.75, 3.05) is 0 Å². The first kappa shape index (κ1) is 13.0. The standard InChI is InChI=1S/C14H14N4OS/c1-10-6-17-13(19-10)8-15-7-11-9-20-14(18-11)12-4-2-3-5-16-12/h2-6,9,15H,7-8H2,1H3. The van der Waals surface area contributed by atoms with E-state index >= 15 is 0 Å². The van der Waals surface area contributed by atoms with E-state index in [0.717, 1.165) is 22.2 Å². The van der Waals surface area contributed by atoms with Gasteiger partial charge in [0.05, 0.1) is 24.1 Å². The molecule has 0 spiro atoms. The predicted octanol–water partition coefficient (Wildman–Crippen LogP) is 2.79. The number of nitrogens with one attached hydrogen (secondary N) is 1. The van der Waals surface area contributed by atoms with Crippen LogP contribution in [0.4, 0.5) is 0 Å². The Balaban J connectivity index is 1.58. The summed E-state index contributed by atoms with van der Waals surface area (Å²) in [4.78, 5) is 13.0. The van der Waals surface area contributed by atoms with E-state index in [2.05, 4.69) is 20.3 Å². The van der Waals surface area contributed by atoms with Crippen molar-refractivity contribution in [2.24, 2.45) is 0 Å². The van der Waals surface area contributed by atoms with Gasteiger partial charge in [0.15, 0.2) is 0 Å². The third kappa shape index (κ3) is 3.09. The molecule has 1 N–H and O–H groups in total. The molecule has 5 nitrogen and oxygen atoms in total. The summed E-state index contributed by atoms with van der Waals surface area (Å²) in [6.07, 6.45) is 3.50. The smallest absolute Gasteiger partial charge is 0.208 e. The lowest BCUT2D eigenvalue weighted by Crippen LogP contribution is -2.13. The van der Waals surface area contributed by atoms with Crippen LogP contribution in [-0.4, -0.2) is 15.0 Å². The van der Waals surface area contributed by atoms with E-state index in [0.29, 0.717) is 19.0 Å². The highest BCUT2D eigenvalue weighted by atomic mass is 32.1. The van der Waals surface area contributed by atoms with Crippen LogP contribution in [0.2, 0.25) is 0 Å². The van der Waals surface area contributed by atoms with Crippen LogP contribution >= 0.6 is 11.3 Å². The Kier molecular flexibility index (Phi) is 3.85. The molecule has 0 saturated heterocycles. The molecule has 6 heteroatoms. The summed E-state index contributed by atoms with van der Waals surface area (Å²) in [5, 5.41) is 6.24. The van der Waals surface area contributed by atoms with Gasteiger partial charge in [0.25, 0.3) is 0 Å². The minimum absolute atomic E-state index is 0.601. The minimum atomic E-state index is 0.601. The number of nitrogens with zero attached hydrogens (tertiary/aromatic N) is 3. The van der Waals surface area contributed by atoms with Gasteiger partial charge in [0, 0.05) is 18.1 Å². The van der Waals surface area contributed by atoms with Gasteiger partial charge >= 0.3 is 0 Å². The molecular formula is C14H14N4OS. The zero-order valence-electron chi connectivity index (χ0n) is 11.0. The van der Waals surface area contributed by atoms with Crippen molar-refractivity contribution in [1.29, 1.82) is 0 Å². The van der Waals surface area contributed by atoms with Gasteiger partial charge in [-0.3, -0.25) is 4.98 Å². The van der Waals surface area contributed by atoms with E-state index in [1.165, 1.54) is 0 Å². The van der Waals surface area contributed by atoms with E-state index in [4.69, 9.17) is 4.42 Å². The second-order valence-electron chi connectivity index (χ2n) is 4.33. The Morgan fingerprint density at radius 1 is 1.25 bits per heavy atom. The van der Waals surface area contributed by atoms with Crippen molar-refractivity contribution in [3.8, 4) is 10.7 Å². The quantitative estimate of drug-likeness (QED) is 0.781. The Hall–Kier alpha value is -2.05. The van der Waals surface area contributed by atoms with Crippen LogP contribution < -0.4 is 5.32 Å². The average Bonchev–Trinajstić information content (AvgIpc) is 3.09. The maximum absolute atomic E-state index is 5.39. The monoisotopic (exact) mass is 286 g/mol. The molecule has 0 unspecified atom stereocenters. The first-order valence-corrected chi connectivity index (χ1v) is 7.17. The molecular weight excluding hydrogens is 272 g/mol. The van der Waals surface area contributed by atoms with E-state index in [9.17, 15) is 0 Å². The van der Waals surface area contributed by atoms with Gasteiger partial charge in [-0.1, -0.05) is 6.07 Å². The Labute approximate surface area is 120 Å². The van der Waals surface area contributed by atoms with Crippen molar-refractivity contribution in [1.82, 2.24) is 20.3 Å². The number of pyridine rings is 1. The van der Waals surface area contributed by atoms with Gasteiger partial charge in [-0.15, -0.1) is 11.3 Å². The fourth-order valence-corrected chi connectivity index (χ4v) is 2.57. The summed E-state index contributed by atoms with van der Waals surface area (Å²) in [7, 11) is 0. The highest BCUT2D eigenvalue weighted by Crippen LogP contribution is 2.21. The topological polar surface area (TPSA) is 63.8 Å². The molecule has 0 fully saturated rings. The molecule has 102 valence electrons. The van der Waals surface area contributed by atoms with Crippen molar-refractivity contribution in [3.63, 3.8) is 0 Å². The molecule has 0 radical (unpaired) electrons. The first-order chi connectivity index (χ1) is 9.81. The van der Waals surface area contributed by atoms with Crippen LogP contribution in [0.3, 0.4) is 0 Å². The van der Waals surface area contributed by atoms with Gasteiger partial charge < -0.3 is 9.73 Å². The van der Waals surface area contributed by atoms with Crippen molar-refractivity contribution in [3.05, 3.63) is 53.3 Å². The van der Waals surface area contributed by atoms with Gasteiger partial charge in [0.1, 0.15) is 10.8 Å². The molecule has 0 aliphatic rings. The maximum atomic E-state index is 5.39. The van der Waals surface area contributed by atoms with Gasteiger partial charge in [-0.25, -0.2) is 9.97 Å². The molecule has 0 amide bonds. The number of thiazole rings is 1. The van der Waals surface area contributed by atoms with Crippen LogP contribution in [0.15, 0.2) is 40.4 Å². The molecule has 0 aliphatic carbocycles. The fourth-order valence-electron chi connectivity index (χ4n) is 1.78. The zero-order chi connectivity index (χ0) is 13.8. The largest absolute Gasteiger partial charge is 0.445 e. The van der Waals surface area contributed by atoms with E-state index in [-0.39, 0.29) is 0 Å². The second kappa shape index (κ2) is 5.94. The number of hydrogen-bond donors (Lipinski definition) is 1. The van der Waals surface area contributed by atoms with Crippen molar-refractivity contribution in [2.45, 2.75) is 20.0 Å². The molecule has 0 atom stereocenters. The third-order valence-electron chi connectivity index (χ3n) is 2.69. The van der Waals surface area contributed by atoms with Gasteiger partial charge in [-0.2, -0.15) is 0 Å². The molecule has 3 heterocycles. The summed E-state index contributed by atoms with van der Waals surface area (Å²) >= 11 is 1.60. The Morgan fingerprint density at radius 3 is 2.95 bits per heavy atom. The molecule has 3 aromatic heterocycles. The lowest BCUT2D eigenvalue weighted by atomic mass is 10.3. The summed E-state index contributed by atoms with van der Waals surface area (Å²) in [6.45, 7) is 3.17. The molecule has 0 saturated carbocycles. The molecule has 3 aromatic rings. The summed E-state index contributed by atoms with van der Waals surface area (Å²) < 4.78 is 5.39. The van der Waals surface area contributed by atoms with Crippen molar-refractivity contribution < 1.29 is 4.42 Å². The highest BCUT2D eigenvalue weighted by molar-refractivity contribution is 7.13. The maximum Gasteiger partial charge on any atom is 0.208 e. The number of hydrogen-bond acceptors (Lipinski definition) is 6. The van der Waals surface area contributed by atoms with Crippen LogP contribution in [-0.2, 0) is 13.1 Å². The van der Waals surface area contributed by atoms with Crippen molar-refractivity contribution >= 4 is 11.3 Å². The second-order valence-corrected chi connectivity index (χ2v) is 5.19. The van der Waals surface area contributed by atoms with Crippen LogP contribution in [0.5, 0.6) is 0 Å². The van der Waals surface area contributed by atoms with E-state index in [1.54, 1.807) is 23.7 Å². The van der Waals surface area contributed by atoms with Gasteiger partial charge in [-0.05, 0) is 19.1 Å². The van der Waals surface area contributed by atoms with Crippen LogP contribution in [0, 0.1) is 6.92 Å². The lowest BCUT2D eigenvalue weighted by molar-refractivity contribution is 0.448. The minimum Gasteiger partial charge on any atom is -0.445 e. The molecule has 0 bridgehead atoms. The summed E-state index contributed by atoms with van der Waals surface area (Å²) in [5.41, 5.74) is 1.91. The number of aryl methyl sites for hydroxylation is 1. The predicted molar refractivity (Wildman–Crippen MR) is 77.1 cm³/mol.